The number of anilines is 1. The largest absolute Gasteiger partial charge is 0.480 e. The van der Waals surface area contributed by atoms with Crippen molar-refractivity contribution in [1.82, 2.24) is 4.98 Å². The van der Waals surface area contributed by atoms with Gasteiger partial charge in [-0.3, -0.25) is 4.79 Å². The Morgan fingerprint density at radius 2 is 2.33 bits per heavy atom. The van der Waals surface area contributed by atoms with Gasteiger partial charge in [-0.1, -0.05) is 0 Å². The molecule has 0 aromatic carbocycles. The first-order valence-electron chi connectivity index (χ1n) is 5.30. The Balaban J connectivity index is 2.15. The van der Waals surface area contributed by atoms with Gasteiger partial charge in [0.1, 0.15) is 5.54 Å². The van der Waals surface area contributed by atoms with Crippen molar-refractivity contribution < 1.29 is 14.8 Å². The highest BCUT2D eigenvalue weighted by atomic mass is 16.6. The number of carboxylic acid groups (broad SMARTS) is 1. The Kier molecular flexibility index (Phi) is 2.87. The molecule has 0 radical (unpaired) electrons. The van der Waals surface area contributed by atoms with E-state index >= 15 is 0 Å². The number of nitro groups is 1. The second kappa shape index (κ2) is 4.22. The molecule has 1 aliphatic rings. The molecule has 8 nitrogen and oxygen atoms in total. The average Bonchev–Trinajstić information content (AvgIpc) is 2.73. The molecule has 0 amide bonds. The lowest BCUT2D eigenvalue weighted by molar-refractivity contribution is -0.389. The van der Waals surface area contributed by atoms with Crippen molar-refractivity contribution >= 4 is 17.5 Å². The molecule has 1 aromatic heterocycles. The van der Waals surface area contributed by atoms with Gasteiger partial charge < -0.3 is 25.9 Å². The van der Waals surface area contributed by atoms with Gasteiger partial charge in [0.05, 0.1) is 5.69 Å². The number of carboxylic acids is 1. The van der Waals surface area contributed by atoms with Crippen molar-refractivity contribution in [1.29, 1.82) is 0 Å². The highest BCUT2D eigenvalue weighted by Gasteiger charge is 2.41. The molecule has 1 unspecified atom stereocenters. The van der Waals surface area contributed by atoms with Crippen LogP contribution in [0.1, 0.15) is 6.42 Å². The van der Waals surface area contributed by atoms with E-state index in [0.717, 1.165) is 0 Å². The van der Waals surface area contributed by atoms with Gasteiger partial charge in [0.25, 0.3) is 0 Å². The van der Waals surface area contributed by atoms with Crippen LogP contribution in [0, 0.1) is 10.1 Å². The number of aromatic nitrogens is 1. The highest BCUT2D eigenvalue weighted by molar-refractivity contribution is 5.80. The van der Waals surface area contributed by atoms with E-state index in [4.69, 9.17) is 10.8 Å². The summed E-state index contributed by atoms with van der Waals surface area (Å²) in [4.78, 5) is 26.3. The van der Waals surface area contributed by atoms with Crippen molar-refractivity contribution in [2.45, 2.75) is 12.0 Å². The van der Waals surface area contributed by atoms with Crippen LogP contribution in [0.25, 0.3) is 0 Å². The van der Waals surface area contributed by atoms with Gasteiger partial charge in [-0.25, -0.2) is 0 Å². The minimum atomic E-state index is -1.26. The smallest absolute Gasteiger partial charge is 0.363 e. The zero-order chi connectivity index (χ0) is 13.3. The number of aliphatic carboxylic acids is 1. The zero-order valence-corrected chi connectivity index (χ0v) is 9.44. The van der Waals surface area contributed by atoms with Crippen molar-refractivity contribution in [3.63, 3.8) is 0 Å². The third-order valence-electron chi connectivity index (χ3n) is 3.01. The second-order valence-corrected chi connectivity index (χ2v) is 4.26. The van der Waals surface area contributed by atoms with E-state index in [2.05, 4.69) is 4.98 Å². The van der Waals surface area contributed by atoms with Gasteiger partial charge in [0.15, 0.2) is 6.20 Å². The van der Waals surface area contributed by atoms with E-state index in [1.807, 2.05) is 0 Å². The summed E-state index contributed by atoms with van der Waals surface area (Å²) in [6.45, 7) is 0.657. The molecule has 1 atom stereocenters. The van der Waals surface area contributed by atoms with Crippen LogP contribution in [-0.4, -0.2) is 39.6 Å². The first-order valence-corrected chi connectivity index (χ1v) is 5.30. The summed E-state index contributed by atoms with van der Waals surface area (Å²) in [6.07, 6.45) is 1.69. The molecule has 1 saturated heterocycles. The van der Waals surface area contributed by atoms with Crippen LogP contribution in [0.15, 0.2) is 18.3 Å². The summed E-state index contributed by atoms with van der Waals surface area (Å²) in [5.74, 6) is -1.28. The minimum absolute atomic E-state index is 0.168. The lowest BCUT2D eigenvalue weighted by Crippen LogP contribution is -2.50. The fraction of sp³-hybridized carbons (Fsp3) is 0.400. The molecule has 8 heteroatoms. The first-order chi connectivity index (χ1) is 8.42. The Labute approximate surface area is 102 Å². The molecule has 3 N–H and O–H groups in total. The highest BCUT2D eigenvalue weighted by Crippen LogP contribution is 2.25. The van der Waals surface area contributed by atoms with Crippen LogP contribution in [0.2, 0.25) is 0 Å². The van der Waals surface area contributed by atoms with Crippen LogP contribution >= 0.6 is 0 Å². The van der Waals surface area contributed by atoms with Crippen LogP contribution < -0.4 is 10.6 Å². The van der Waals surface area contributed by atoms with Gasteiger partial charge in [0, 0.05) is 19.2 Å². The van der Waals surface area contributed by atoms with Crippen molar-refractivity contribution in [3.8, 4) is 0 Å². The average molecular weight is 252 g/mol. The molecule has 0 bridgehead atoms. The van der Waals surface area contributed by atoms with Crippen LogP contribution in [0.5, 0.6) is 0 Å². The Hall–Kier alpha value is -2.22. The molecule has 2 heterocycles. The van der Waals surface area contributed by atoms with E-state index in [0.29, 0.717) is 18.7 Å². The predicted octanol–water partition coefficient (Wildman–Crippen LogP) is -0.0180. The van der Waals surface area contributed by atoms with Crippen LogP contribution in [0.3, 0.4) is 0 Å². The van der Waals surface area contributed by atoms with E-state index in [1.165, 1.54) is 12.3 Å². The molecule has 0 saturated carbocycles. The Bertz CT molecular complexity index is 489. The summed E-state index contributed by atoms with van der Waals surface area (Å²) in [6, 6.07) is 2.82. The summed E-state index contributed by atoms with van der Waals surface area (Å²) in [7, 11) is 0. The fourth-order valence-electron chi connectivity index (χ4n) is 1.90. The fourth-order valence-corrected chi connectivity index (χ4v) is 1.90. The molecular formula is C10H12N4O4. The quantitative estimate of drug-likeness (QED) is 0.572. The molecule has 2 rings (SSSR count). The minimum Gasteiger partial charge on any atom is -0.480 e. The van der Waals surface area contributed by atoms with Crippen LogP contribution in [0.4, 0.5) is 11.5 Å². The molecule has 0 aliphatic carbocycles. The Morgan fingerprint density at radius 1 is 1.61 bits per heavy atom. The maximum Gasteiger partial charge on any atom is 0.363 e. The first kappa shape index (κ1) is 12.2. The molecule has 1 aliphatic heterocycles. The number of hydrogen-bond donors (Lipinski definition) is 2. The van der Waals surface area contributed by atoms with Crippen LogP contribution in [-0.2, 0) is 4.79 Å². The Morgan fingerprint density at radius 3 is 2.78 bits per heavy atom. The van der Waals surface area contributed by atoms with Gasteiger partial charge in [-0.05, 0) is 22.4 Å². The number of carbonyl (C=O) groups is 1. The van der Waals surface area contributed by atoms with Crippen molar-refractivity contribution in [2.24, 2.45) is 5.73 Å². The van der Waals surface area contributed by atoms with Crippen molar-refractivity contribution in [3.05, 3.63) is 28.4 Å². The number of nitrogens with two attached hydrogens (primary N) is 1. The maximum absolute atomic E-state index is 11.0. The predicted molar refractivity (Wildman–Crippen MR) is 62.3 cm³/mol. The van der Waals surface area contributed by atoms with Gasteiger partial charge in [-0.15, -0.1) is 0 Å². The van der Waals surface area contributed by atoms with Gasteiger partial charge in [-0.2, -0.15) is 0 Å². The third kappa shape index (κ3) is 2.09. The second-order valence-electron chi connectivity index (χ2n) is 4.26. The standard InChI is InChI=1S/C10H12N4O4/c11-10(9(15)16)3-4-13(6-10)7-1-2-8(12-5-7)14(17)18/h1-2,5H,3-4,6,11H2,(H,15,16). The number of pyridine rings is 1. The lowest BCUT2D eigenvalue weighted by Gasteiger charge is -2.20. The number of hydrogen-bond acceptors (Lipinski definition) is 6. The molecule has 1 fully saturated rings. The van der Waals surface area contributed by atoms with Crippen molar-refractivity contribution in [2.75, 3.05) is 18.0 Å². The maximum atomic E-state index is 11.0. The van der Waals surface area contributed by atoms with E-state index in [1.54, 1.807) is 11.0 Å². The lowest BCUT2D eigenvalue weighted by atomic mass is 10.0. The molecule has 1 aromatic rings. The van der Waals surface area contributed by atoms with Gasteiger partial charge in [0.2, 0.25) is 0 Å². The van der Waals surface area contributed by atoms with E-state index < -0.39 is 16.4 Å². The summed E-state index contributed by atoms with van der Waals surface area (Å²) < 4.78 is 0. The molecule has 96 valence electrons. The summed E-state index contributed by atoms with van der Waals surface area (Å²) in [5, 5.41) is 19.5. The molecule has 18 heavy (non-hydrogen) atoms. The van der Waals surface area contributed by atoms with E-state index in [-0.39, 0.29) is 12.4 Å². The number of nitrogens with zero attached hydrogens (tertiary/aromatic N) is 3. The number of rotatable bonds is 3. The molecular weight excluding hydrogens is 240 g/mol. The van der Waals surface area contributed by atoms with Gasteiger partial charge >= 0.3 is 11.8 Å². The normalized spacial score (nSPS) is 23.1. The summed E-state index contributed by atoms with van der Waals surface area (Å²) in [5.41, 5.74) is 5.11. The topological polar surface area (TPSA) is 123 Å². The monoisotopic (exact) mass is 252 g/mol. The molecule has 0 spiro atoms. The summed E-state index contributed by atoms with van der Waals surface area (Å²) >= 11 is 0. The SMILES string of the molecule is NC1(C(=O)O)CCN(c2ccc([N+](=O)[O-])nc2)C1. The zero-order valence-electron chi connectivity index (χ0n) is 9.44. The third-order valence-corrected chi connectivity index (χ3v) is 3.01. The van der Waals surface area contributed by atoms with E-state index in [9.17, 15) is 14.9 Å².